The van der Waals surface area contributed by atoms with Gasteiger partial charge < -0.3 is 31.5 Å². The highest BCUT2D eigenvalue weighted by molar-refractivity contribution is 6.40. The maximum Gasteiger partial charge on any atom is 0.451 e. The number of halogens is 2. The second-order valence-corrected chi connectivity index (χ2v) is 6.58. The molecule has 0 spiro atoms. The van der Waals surface area contributed by atoms with E-state index in [2.05, 4.69) is 0 Å². The summed E-state index contributed by atoms with van der Waals surface area (Å²) in [7, 11) is -1.46. The van der Waals surface area contributed by atoms with Crippen molar-refractivity contribution in [2.24, 2.45) is 23.3 Å². The number of nitrogens with two attached hydrogens (primary N) is 2. The van der Waals surface area contributed by atoms with Crippen molar-refractivity contribution in [3.8, 4) is 0 Å². The Balaban J connectivity index is 0. The molecule has 1 saturated heterocycles. The van der Waals surface area contributed by atoms with E-state index in [1.165, 1.54) is 4.90 Å². The summed E-state index contributed by atoms with van der Waals surface area (Å²) in [5.41, 5.74) is 10.3. The Labute approximate surface area is 154 Å². The van der Waals surface area contributed by atoms with Crippen LogP contribution in [0.15, 0.2) is 0 Å². The first-order chi connectivity index (χ1) is 10.1. The van der Waals surface area contributed by atoms with Crippen LogP contribution < -0.4 is 11.5 Å². The van der Waals surface area contributed by atoms with Crippen molar-refractivity contribution >= 4 is 43.8 Å². The number of likely N-dealkylation sites (tertiary alicyclic amines) is 1. The fraction of sp³-hybridized carbons (Fsp3) is 0.846. The number of carbonyl (C=O) groups excluding carboxylic acids is 1. The van der Waals surface area contributed by atoms with Crippen LogP contribution in [-0.2, 0) is 9.59 Å². The van der Waals surface area contributed by atoms with Crippen LogP contribution in [-0.4, -0.2) is 63.7 Å². The summed E-state index contributed by atoms with van der Waals surface area (Å²) in [6.07, 6.45) is 0.680. The van der Waals surface area contributed by atoms with Crippen LogP contribution >= 0.6 is 24.8 Å². The molecule has 3 atom stereocenters. The molecule has 0 saturated carbocycles. The monoisotopic (exact) mass is 387 g/mol. The number of hydrogen-bond donors (Lipinski definition) is 5. The molecule has 1 rings (SSSR count). The average molecular weight is 388 g/mol. The number of rotatable bonds is 6. The molecule has 0 aromatic rings. The molecule has 1 amide bonds. The maximum absolute atomic E-state index is 12.4. The Bertz CT molecular complexity index is 430. The molecule has 0 aromatic carbocycles. The van der Waals surface area contributed by atoms with E-state index in [1.54, 1.807) is 0 Å². The Morgan fingerprint density at radius 2 is 1.88 bits per heavy atom. The fourth-order valence-electron chi connectivity index (χ4n) is 2.76. The van der Waals surface area contributed by atoms with E-state index in [1.807, 2.05) is 13.8 Å². The highest BCUT2D eigenvalue weighted by atomic mass is 35.5. The molecule has 1 heterocycles. The van der Waals surface area contributed by atoms with E-state index in [0.29, 0.717) is 13.0 Å². The van der Waals surface area contributed by atoms with Gasteiger partial charge in [-0.3, -0.25) is 9.59 Å². The summed E-state index contributed by atoms with van der Waals surface area (Å²) < 4.78 is 0. The fourth-order valence-corrected chi connectivity index (χ4v) is 2.76. The van der Waals surface area contributed by atoms with Gasteiger partial charge in [0.15, 0.2) is 0 Å². The van der Waals surface area contributed by atoms with E-state index >= 15 is 0 Å². The van der Waals surface area contributed by atoms with Crippen LogP contribution in [0, 0.1) is 11.8 Å². The number of amides is 1. The Morgan fingerprint density at radius 3 is 2.29 bits per heavy atom. The minimum Gasteiger partial charge on any atom is -0.480 e. The smallest absolute Gasteiger partial charge is 0.451 e. The van der Waals surface area contributed by atoms with Gasteiger partial charge in [0.1, 0.15) is 5.54 Å². The largest absolute Gasteiger partial charge is 0.480 e. The molecule has 1 aliphatic heterocycles. The normalized spacial score (nSPS) is 24.6. The predicted molar refractivity (Wildman–Crippen MR) is 96.2 cm³/mol. The Morgan fingerprint density at radius 1 is 1.33 bits per heavy atom. The molecule has 1 fully saturated rings. The number of hydrogen-bond acceptors (Lipinski definition) is 6. The SMILES string of the molecule is CC(C)[C@H](N)C(=O)N1C[C@@H](CCB(O)O)C[C@](N)(C(=O)O)C1.Cl.Cl. The standard InChI is InChI=1S/C13H26BN3O5.2ClH/c1-8(2)10(15)11(18)17-6-9(3-4-14(21)22)5-13(16,7-17)12(19)20;;/h8-10,21-22H,3-7,15-16H2,1-2H3,(H,19,20);2*1H/t9-,10-,13+;;/m0../s1. The van der Waals surface area contributed by atoms with Crippen molar-refractivity contribution in [1.29, 1.82) is 0 Å². The van der Waals surface area contributed by atoms with Crippen LogP contribution in [0.2, 0.25) is 6.32 Å². The zero-order valence-corrected chi connectivity index (χ0v) is 15.6. The van der Waals surface area contributed by atoms with Crippen LogP contribution in [0.3, 0.4) is 0 Å². The lowest BCUT2D eigenvalue weighted by molar-refractivity contribution is -0.149. The topological polar surface area (TPSA) is 150 Å². The maximum atomic E-state index is 12.4. The van der Waals surface area contributed by atoms with E-state index in [0.717, 1.165) is 0 Å². The molecule has 0 aliphatic carbocycles. The molecule has 1 aliphatic rings. The van der Waals surface area contributed by atoms with Crippen LogP contribution in [0.1, 0.15) is 26.7 Å². The number of carbonyl (C=O) groups is 2. The summed E-state index contributed by atoms with van der Waals surface area (Å²) in [5, 5.41) is 27.3. The quantitative estimate of drug-likeness (QED) is 0.378. The summed E-state index contributed by atoms with van der Waals surface area (Å²) in [6, 6.07) is -0.708. The van der Waals surface area contributed by atoms with Crippen molar-refractivity contribution in [1.82, 2.24) is 4.90 Å². The number of aliphatic carboxylic acids is 1. The van der Waals surface area contributed by atoms with Gasteiger partial charge in [-0.15, -0.1) is 24.8 Å². The first-order valence-electron chi connectivity index (χ1n) is 7.49. The second kappa shape index (κ2) is 10.4. The summed E-state index contributed by atoms with van der Waals surface area (Å²) in [5.74, 6) is -1.76. The van der Waals surface area contributed by atoms with E-state index in [-0.39, 0.29) is 61.8 Å². The summed E-state index contributed by atoms with van der Waals surface area (Å²) in [4.78, 5) is 25.2. The predicted octanol–water partition coefficient (Wildman–Crippen LogP) is -0.693. The van der Waals surface area contributed by atoms with Crippen LogP contribution in [0.5, 0.6) is 0 Å². The molecule has 8 nitrogen and oxygen atoms in total. The van der Waals surface area contributed by atoms with Gasteiger partial charge in [-0.05, 0) is 24.6 Å². The Kier molecular flexibility index (Phi) is 11.1. The molecule has 11 heteroatoms. The third kappa shape index (κ3) is 6.74. The van der Waals surface area contributed by atoms with E-state index in [9.17, 15) is 14.7 Å². The first kappa shape index (κ1) is 25.7. The third-order valence-corrected chi connectivity index (χ3v) is 4.18. The lowest BCUT2D eigenvalue weighted by atomic mass is 9.75. The van der Waals surface area contributed by atoms with E-state index in [4.69, 9.17) is 21.5 Å². The summed E-state index contributed by atoms with van der Waals surface area (Å²) in [6.45, 7) is 3.88. The number of nitrogens with zero attached hydrogens (tertiary/aromatic N) is 1. The van der Waals surface area contributed by atoms with Crippen LogP contribution in [0.4, 0.5) is 0 Å². The van der Waals surface area contributed by atoms with Gasteiger partial charge in [-0.2, -0.15) is 0 Å². The average Bonchev–Trinajstić information content (AvgIpc) is 2.42. The van der Waals surface area contributed by atoms with Gasteiger partial charge in [0.05, 0.1) is 6.04 Å². The number of carboxylic acids is 1. The van der Waals surface area contributed by atoms with Gasteiger partial charge in [0.2, 0.25) is 5.91 Å². The van der Waals surface area contributed by atoms with Gasteiger partial charge in [-0.25, -0.2) is 0 Å². The van der Waals surface area contributed by atoms with Crippen molar-refractivity contribution in [3.63, 3.8) is 0 Å². The Hall–Kier alpha value is -0.575. The minimum atomic E-state index is -1.53. The molecule has 0 unspecified atom stereocenters. The van der Waals surface area contributed by atoms with Crippen molar-refractivity contribution in [2.45, 2.75) is 44.6 Å². The molecule has 0 radical (unpaired) electrons. The lowest BCUT2D eigenvalue weighted by Gasteiger charge is -2.43. The second-order valence-electron chi connectivity index (χ2n) is 6.58. The highest BCUT2D eigenvalue weighted by Gasteiger charge is 2.44. The number of carboxylic acid groups (broad SMARTS) is 1. The third-order valence-electron chi connectivity index (χ3n) is 4.18. The summed E-state index contributed by atoms with van der Waals surface area (Å²) >= 11 is 0. The molecule has 142 valence electrons. The van der Waals surface area contributed by atoms with Crippen molar-refractivity contribution < 1.29 is 24.7 Å². The van der Waals surface area contributed by atoms with Gasteiger partial charge in [0.25, 0.3) is 0 Å². The highest BCUT2D eigenvalue weighted by Crippen LogP contribution is 2.28. The molecule has 0 aromatic heterocycles. The molecule has 24 heavy (non-hydrogen) atoms. The first-order valence-corrected chi connectivity index (χ1v) is 7.49. The van der Waals surface area contributed by atoms with Crippen molar-refractivity contribution in [3.05, 3.63) is 0 Å². The van der Waals surface area contributed by atoms with Gasteiger partial charge >= 0.3 is 13.1 Å². The molecule has 7 N–H and O–H groups in total. The van der Waals surface area contributed by atoms with Crippen molar-refractivity contribution in [2.75, 3.05) is 13.1 Å². The zero-order valence-electron chi connectivity index (χ0n) is 13.9. The molecular formula is C13H28BCl2N3O5. The van der Waals surface area contributed by atoms with E-state index < -0.39 is 24.7 Å². The molecule has 0 bridgehead atoms. The lowest BCUT2D eigenvalue weighted by Crippen LogP contribution is -2.64. The molecular weight excluding hydrogens is 360 g/mol. The van der Waals surface area contributed by atoms with Crippen LogP contribution in [0.25, 0.3) is 0 Å². The van der Waals surface area contributed by atoms with Gasteiger partial charge in [0, 0.05) is 13.1 Å². The number of piperidine rings is 1. The van der Waals surface area contributed by atoms with Gasteiger partial charge in [-0.1, -0.05) is 20.3 Å². The zero-order chi connectivity index (χ0) is 17.1. The minimum absolute atomic E-state index is 0.